The smallest absolute Gasteiger partial charge is 0.333 e. The van der Waals surface area contributed by atoms with Crippen molar-refractivity contribution < 1.29 is 18.1 Å². The Morgan fingerprint density at radius 1 is 1.25 bits per heavy atom. The Balaban J connectivity index is 2.50. The summed E-state index contributed by atoms with van der Waals surface area (Å²) in [7, 11) is -4.17. The fourth-order valence-electron chi connectivity index (χ4n) is 1.44. The van der Waals surface area contributed by atoms with E-state index < -0.39 is 22.4 Å². The van der Waals surface area contributed by atoms with Gasteiger partial charge in [0, 0.05) is 6.04 Å². The van der Waals surface area contributed by atoms with Crippen molar-refractivity contribution in [3.05, 3.63) is 0 Å². The molecule has 0 heterocycles. The molecule has 1 aliphatic rings. The van der Waals surface area contributed by atoms with E-state index in [2.05, 4.69) is 0 Å². The summed E-state index contributed by atoms with van der Waals surface area (Å²) in [6.45, 7) is 0. The normalized spacial score (nSPS) is 31.8. The van der Waals surface area contributed by atoms with Gasteiger partial charge in [0.1, 0.15) is 0 Å². The van der Waals surface area contributed by atoms with Gasteiger partial charge in [0.15, 0.2) is 0 Å². The molecule has 0 radical (unpaired) electrons. The first-order valence-corrected chi connectivity index (χ1v) is 5.36. The third-order valence-corrected chi connectivity index (χ3v) is 2.63. The highest BCUT2D eigenvalue weighted by Gasteiger charge is 2.25. The molecule has 1 rings (SSSR count). The van der Waals surface area contributed by atoms with Crippen molar-refractivity contribution in [1.29, 1.82) is 0 Å². The van der Waals surface area contributed by atoms with E-state index in [9.17, 15) is 13.5 Å². The van der Waals surface area contributed by atoms with Gasteiger partial charge < -0.3 is 5.11 Å². The van der Waals surface area contributed by atoms with Gasteiger partial charge in [-0.2, -0.15) is 13.1 Å². The molecule has 0 saturated heterocycles. The molecule has 2 atom stereocenters. The molecule has 0 amide bonds. The number of aliphatic hydroxyl groups is 1. The highest BCUT2D eigenvalue weighted by Crippen LogP contribution is 2.18. The maximum absolute atomic E-state index is 10.4. The zero-order valence-electron chi connectivity index (χ0n) is 6.60. The van der Waals surface area contributed by atoms with Gasteiger partial charge in [-0.1, -0.05) is 12.8 Å². The Morgan fingerprint density at radius 2 is 1.83 bits per heavy atom. The van der Waals surface area contributed by atoms with Crippen LogP contribution in [-0.2, 0) is 10.3 Å². The highest BCUT2D eigenvalue weighted by molar-refractivity contribution is 7.83. The molecule has 1 saturated carbocycles. The molecule has 3 N–H and O–H groups in total. The average Bonchev–Trinajstić information content (AvgIpc) is 1.91. The highest BCUT2D eigenvalue weighted by atomic mass is 32.2. The SMILES string of the molecule is O=S(=O)(O)N[C@H]1CCCC[C@@H]1O. The fourth-order valence-corrected chi connectivity index (χ4v) is 2.10. The summed E-state index contributed by atoms with van der Waals surface area (Å²) >= 11 is 0. The topological polar surface area (TPSA) is 86.6 Å². The van der Waals surface area contributed by atoms with Crippen molar-refractivity contribution in [3.8, 4) is 0 Å². The lowest BCUT2D eigenvalue weighted by atomic mass is 9.93. The molecule has 12 heavy (non-hydrogen) atoms. The Hall–Kier alpha value is -0.170. The predicted octanol–water partition coefficient (Wildman–Crippen LogP) is -0.318. The van der Waals surface area contributed by atoms with E-state index in [0.717, 1.165) is 12.8 Å². The van der Waals surface area contributed by atoms with Crippen LogP contribution in [0.1, 0.15) is 25.7 Å². The summed E-state index contributed by atoms with van der Waals surface area (Å²) in [5, 5.41) is 9.29. The number of hydrogen-bond acceptors (Lipinski definition) is 3. The fraction of sp³-hybridized carbons (Fsp3) is 1.00. The average molecular weight is 195 g/mol. The maximum atomic E-state index is 10.4. The van der Waals surface area contributed by atoms with Crippen LogP contribution in [-0.4, -0.2) is 30.2 Å². The van der Waals surface area contributed by atoms with Crippen LogP contribution in [0.3, 0.4) is 0 Å². The minimum Gasteiger partial charge on any atom is -0.391 e. The Morgan fingerprint density at radius 3 is 2.33 bits per heavy atom. The van der Waals surface area contributed by atoms with Crippen LogP contribution in [0.5, 0.6) is 0 Å². The van der Waals surface area contributed by atoms with E-state index in [1.807, 2.05) is 4.72 Å². The molecular weight excluding hydrogens is 182 g/mol. The molecule has 72 valence electrons. The van der Waals surface area contributed by atoms with Gasteiger partial charge in [-0.3, -0.25) is 4.55 Å². The monoisotopic (exact) mass is 195 g/mol. The first-order valence-electron chi connectivity index (χ1n) is 3.92. The van der Waals surface area contributed by atoms with Crippen molar-refractivity contribution in [1.82, 2.24) is 4.72 Å². The molecule has 1 fully saturated rings. The quantitative estimate of drug-likeness (QED) is 0.527. The Kier molecular flexibility index (Phi) is 3.05. The van der Waals surface area contributed by atoms with Crippen molar-refractivity contribution in [2.75, 3.05) is 0 Å². The minimum absolute atomic E-state index is 0.520. The number of nitrogens with one attached hydrogen (secondary N) is 1. The van der Waals surface area contributed by atoms with Crippen LogP contribution in [0.2, 0.25) is 0 Å². The Labute approximate surface area is 71.7 Å². The van der Waals surface area contributed by atoms with Gasteiger partial charge in [0.05, 0.1) is 6.10 Å². The van der Waals surface area contributed by atoms with Crippen molar-refractivity contribution >= 4 is 10.3 Å². The van der Waals surface area contributed by atoms with Gasteiger partial charge in [-0.05, 0) is 12.8 Å². The zero-order valence-corrected chi connectivity index (χ0v) is 7.42. The number of aliphatic hydroxyl groups excluding tert-OH is 1. The molecule has 0 aromatic carbocycles. The van der Waals surface area contributed by atoms with Crippen LogP contribution in [0.25, 0.3) is 0 Å². The van der Waals surface area contributed by atoms with Crippen LogP contribution < -0.4 is 4.72 Å². The molecule has 0 spiro atoms. The van der Waals surface area contributed by atoms with Crippen LogP contribution in [0.15, 0.2) is 0 Å². The van der Waals surface area contributed by atoms with Gasteiger partial charge in [0.25, 0.3) is 0 Å². The third-order valence-electron chi connectivity index (χ3n) is 2.03. The molecule has 0 unspecified atom stereocenters. The molecule has 0 bridgehead atoms. The largest absolute Gasteiger partial charge is 0.391 e. The lowest BCUT2D eigenvalue weighted by Gasteiger charge is -2.26. The van der Waals surface area contributed by atoms with E-state index in [1.54, 1.807) is 0 Å². The molecule has 1 aliphatic carbocycles. The number of rotatable bonds is 2. The second-order valence-corrected chi connectivity index (χ2v) is 4.24. The summed E-state index contributed by atoms with van der Waals surface area (Å²) in [5.41, 5.74) is 0. The van der Waals surface area contributed by atoms with Crippen LogP contribution in [0.4, 0.5) is 0 Å². The van der Waals surface area contributed by atoms with Crippen molar-refractivity contribution in [2.24, 2.45) is 0 Å². The summed E-state index contributed by atoms with van der Waals surface area (Å²) < 4.78 is 31.2. The third kappa shape index (κ3) is 3.06. The van der Waals surface area contributed by atoms with Crippen LogP contribution in [0, 0.1) is 0 Å². The first-order chi connectivity index (χ1) is 5.49. The second-order valence-electron chi connectivity index (χ2n) is 3.05. The zero-order chi connectivity index (χ0) is 9.19. The minimum atomic E-state index is -4.17. The molecule has 6 heteroatoms. The standard InChI is InChI=1S/C6H13NO4S/c8-6-4-2-1-3-5(6)7-12(9,10)11/h5-8H,1-4H2,(H,9,10,11)/t5-,6-/m0/s1. The predicted molar refractivity (Wildman–Crippen MR) is 42.9 cm³/mol. The summed E-state index contributed by atoms with van der Waals surface area (Å²) in [4.78, 5) is 0. The molecule has 0 aliphatic heterocycles. The summed E-state index contributed by atoms with van der Waals surface area (Å²) in [5.74, 6) is 0. The van der Waals surface area contributed by atoms with E-state index >= 15 is 0 Å². The van der Waals surface area contributed by atoms with E-state index in [1.165, 1.54) is 0 Å². The van der Waals surface area contributed by atoms with E-state index in [-0.39, 0.29) is 0 Å². The van der Waals surface area contributed by atoms with Gasteiger partial charge in [0.2, 0.25) is 0 Å². The van der Waals surface area contributed by atoms with E-state index in [4.69, 9.17) is 4.55 Å². The molecular formula is C6H13NO4S. The molecule has 5 nitrogen and oxygen atoms in total. The molecule has 0 aromatic rings. The molecule has 0 aromatic heterocycles. The summed E-state index contributed by atoms with van der Waals surface area (Å²) in [6, 6.07) is -0.520. The lowest BCUT2D eigenvalue weighted by molar-refractivity contribution is 0.0999. The van der Waals surface area contributed by atoms with Crippen molar-refractivity contribution in [2.45, 2.75) is 37.8 Å². The first kappa shape index (κ1) is 9.91. The van der Waals surface area contributed by atoms with Gasteiger partial charge in [-0.15, -0.1) is 0 Å². The van der Waals surface area contributed by atoms with Gasteiger partial charge >= 0.3 is 10.3 Å². The number of hydrogen-bond donors (Lipinski definition) is 3. The Bertz CT molecular complexity index is 238. The second kappa shape index (κ2) is 3.69. The maximum Gasteiger partial charge on any atom is 0.333 e. The summed E-state index contributed by atoms with van der Waals surface area (Å²) in [6.07, 6.45) is 2.30. The van der Waals surface area contributed by atoms with Gasteiger partial charge in [-0.25, -0.2) is 0 Å². The lowest BCUT2D eigenvalue weighted by Crippen LogP contribution is -2.44. The van der Waals surface area contributed by atoms with E-state index in [0.29, 0.717) is 12.8 Å². The van der Waals surface area contributed by atoms with Crippen molar-refractivity contribution in [3.63, 3.8) is 0 Å². The van der Waals surface area contributed by atoms with Crippen LogP contribution >= 0.6 is 0 Å².